The van der Waals surface area contributed by atoms with Gasteiger partial charge in [-0.2, -0.15) is 5.10 Å². The van der Waals surface area contributed by atoms with Crippen LogP contribution >= 0.6 is 12.2 Å². The second kappa shape index (κ2) is 4.76. The smallest absolute Gasteiger partial charge is 0.179 e. The summed E-state index contributed by atoms with van der Waals surface area (Å²) >= 11 is 5.52. The van der Waals surface area contributed by atoms with Crippen LogP contribution < -0.4 is 0 Å². The van der Waals surface area contributed by atoms with Crippen molar-refractivity contribution in [1.82, 2.24) is 19.3 Å². The third-order valence-electron chi connectivity index (χ3n) is 3.90. The first-order chi connectivity index (χ1) is 9.11. The zero-order valence-corrected chi connectivity index (χ0v) is 12.5. The Labute approximate surface area is 117 Å². The van der Waals surface area contributed by atoms with Gasteiger partial charge in [0, 0.05) is 19.2 Å². The molecule has 0 spiro atoms. The second-order valence-corrected chi connectivity index (χ2v) is 5.65. The van der Waals surface area contributed by atoms with E-state index in [1.165, 1.54) is 0 Å². The molecular weight excluding hydrogens is 260 g/mol. The molecule has 2 aromatic heterocycles. The first kappa shape index (κ1) is 12.9. The molecule has 2 aromatic rings. The van der Waals surface area contributed by atoms with E-state index in [-0.39, 0.29) is 0 Å². The van der Waals surface area contributed by atoms with Gasteiger partial charge in [0.15, 0.2) is 10.4 Å². The fraction of sp³-hybridized carbons (Fsp3) is 0.692. The van der Waals surface area contributed by atoms with Gasteiger partial charge in [-0.3, -0.25) is 4.57 Å². The summed E-state index contributed by atoms with van der Waals surface area (Å²) in [4.78, 5) is 3.32. The van der Waals surface area contributed by atoms with Gasteiger partial charge in [-0.05, 0) is 45.8 Å². The lowest BCUT2D eigenvalue weighted by atomic mass is 10.0. The number of aromatic amines is 1. The van der Waals surface area contributed by atoms with Gasteiger partial charge < -0.3 is 9.72 Å². The van der Waals surface area contributed by atoms with Crippen LogP contribution in [0.15, 0.2) is 0 Å². The third-order valence-corrected chi connectivity index (χ3v) is 4.20. The predicted octanol–water partition coefficient (Wildman–Crippen LogP) is 2.96. The van der Waals surface area contributed by atoms with E-state index in [9.17, 15) is 0 Å². The van der Waals surface area contributed by atoms with E-state index in [1.54, 1.807) is 0 Å². The van der Waals surface area contributed by atoms with E-state index in [2.05, 4.69) is 28.5 Å². The fourth-order valence-corrected chi connectivity index (χ4v) is 3.33. The number of imidazole rings is 1. The maximum absolute atomic E-state index is 5.64. The summed E-state index contributed by atoms with van der Waals surface area (Å²) in [6.07, 6.45) is 2.32. The van der Waals surface area contributed by atoms with Gasteiger partial charge in [0.2, 0.25) is 0 Å². The lowest BCUT2D eigenvalue weighted by Crippen LogP contribution is -2.26. The molecule has 0 bridgehead atoms. The zero-order valence-electron chi connectivity index (χ0n) is 11.6. The summed E-state index contributed by atoms with van der Waals surface area (Å²) < 4.78 is 10.7. The van der Waals surface area contributed by atoms with Crippen LogP contribution in [0, 0.1) is 11.7 Å². The van der Waals surface area contributed by atoms with Gasteiger partial charge in [0.05, 0.1) is 11.8 Å². The molecule has 3 rings (SSSR count). The van der Waals surface area contributed by atoms with Crippen LogP contribution in [0.5, 0.6) is 0 Å². The molecule has 1 aliphatic rings. The number of ether oxygens (including phenoxy) is 1. The van der Waals surface area contributed by atoms with Crippen molar-refractivity contribution in [3.8, 4) is 0 Å². The van der Waals surface area contributed by atoms with Crippen molar-refractivity contribution in [2.45, 2.75) is 52.3 Å². The molecule has 6 heteroatoms. The van der Waals surface area contributed by atoms with Crippen LogP contribution in [0.2, 0.25) is 0 Å². The van der Waals surface area contributed by atoms with Crippen LogP contribution in [-0.2, 0) is 11.3 Å². The van der Waals surface area contributed by atoms with Crippen molar-refractivity contribution in [3.63, 3.8) is 0 Å². The first-order valence-corrected chi connectivity index (χ1v) is 7.31. The zero-order chi connectivity index (χ0) is 13.6. The summed E-state index contributed by atoms with van der Waals surface area (Å²) in [5.74, 6) is 0. The number of hydrogen-bond acceptors (Lipinski definition) is 3. The van der Waals surface area contributed by atoms with Crippen molar-refractivity contribution in [2.75, 3.05) is 6.61 Å². The molecule has 0 aliphatic carbocycles. The predicted molar refractivity (Wildman–Crippen MR) is 77.0 cm³/mol. The average Bonchev–Trinajstić information content (AvgIpc) is 2.86. The first-order valence-electron chi connectivity index (χ1n) is 6.91. The maximum atomic E-state index is 5.64. The minimum Gasteiger partial charge on any atom is -0.378 e. The molecule has 5 nitrogen and oxygen atoms in total. The molecule has 2 atom stereocenters. The van der Waals surface area contributed by atoms with E-state index < -0.39 is 0 Å². The van der Waals surface area contributed by atoms with Gasteiger partial charge in [-0.25, -0.2) is 4.68 Å². The molecule has 0 amide bonds. The Morgan fingerprint density at radius 1 is 1.53 bits per heavy atom. The van der Waals surface area contributed by atoms with Crippen molar-refractivity contribution >= 4 is 23.4 Å². The van der Waals surface area contributed by atoms with Crippen molar-refractivity contribution in [2.24, 2.45) is 0 Å². The Morgan fingerprint density at radius 3 is 3.00 bits per heavy atom. The number of aromatic nitrogens is 4. The number of rotatable bonds is 2. The summed E-state index contributed by atoms with van der Waals surface area (Å²) in [7, 11) is 0. The molecule has 1 fully saturated rings. The Morgan fingerprint density at radius 2 is 2.32 bits per heavy atom. The molecular formula is C13H20N4OS. The number of H-pyrrole nitrogens is 1. The largest absolute Gasteiger partial charge is 0.378 e. The lowest BCUT2D eigenvalue weighted by molar-refractivity contribution is 0.00626. The summed E-state index contributed by atoms with van der Waals surface area (Å²) in [5, 5.41) is 4.57. The molecule has 104 valence electrons. The standard InChI is InChI=1S/C13H20N4OS/c1-4-16-12-11(9(3)15-16)14-13(19)17(12)10-5-6-18-8(2)7-10/h8,10H,4-7H2,1-3H3,(H,14,19). The van der Waals surface area contributed by atoms with Crippen LogP contribution in [0.25, 0.3) is 11.2 Å². The molecule has 2 unspecified atom stereocenters. The van der Waals surface area contributed by atoms with Crippen molar-refractivity contribution < 1.29 is 4.74 Å². The fourth-order valence-electron chi connectivity index (χ4n) is 2.99. The quantitative estimate of drug-likeness (QED) is 0.860. The van der Waals surface area contributed by atoms with Crippen LogP contribution in [0.1, 0.15) is 38.4 Å². The summed E-state index contributed by atoms with van der Waals surface area (Å²) in [6, 6.07) is 0.409. The van der Waals surface area contributed by atoms with Crippen LogP contribution in [0.4, 0.5) is 0 Å². The van der Waals surface area contributed by atoms with Gasteiger partial charge in [0.25, 0.3) is 0 Å². The van der Waals surface area contributed by atoms with Crippen molar-refractivity contribution in [3.05, 3.63) is 10.5 Å². The number of aryl methyl sites for hydroxylation is 2. The summed E-state index contributed by atoms with van der Waals surface area (Å²) in [5.41, 5.74) is 3.22. The topological polar surface area (TPSA) is 47.8 Å². The molecule has 19 heavy (non-hydrogen) atoms. The molecule has 3 heterocycles. The highest BCUT2D eigenvalue weighted by Crippen LogP contribution is 2.30. The molecule has 1 aliphatic heterocycles. The summed E-state index contributed by atoms with van der Waals surface area (Å²) in [6.45, 7) is 7.92. The molecule has 0 saturated carbocycles. The van der Waals surface area contributed by atoms with Crippen LogP contribution in [0.3, 0.4) is 0 Å². The molecule has 1 N–H and O–H groups in total. The minimum absolute atomic E-state index is 0.296. The second-order valence-electron chi connectivity index (χ2n) is 5.26. The van der Waals surface area contributed by atoms with E-state index in [0.717, 1.165) is 47.6 Å². The lowest BCUT2D eigenvalue weighted by Gasteiger charge is -2.28. The molecule has 0 aromatic carbocycles. The minimum atomic E-state index is 0.296. The van der Waals surface area contributed by atoms with E-state index >= 15 is 0 Å². The normalized spacial score (nSPS) is 24.2. The number of nitrogens with one attached hydrogen (secondary N) is 1. The van der Waals surface area contributed by atoms with Gasteiger partial charge >= 0.3 is 0 Å². The van der Waals surface area contributed by atoms with Crippen molar-refractivity contribution in [1.29, 1.82) is 0 Å². The SMILES string of the molecule is CCn1nc(C)c2[nH]c(=S)n(C3CCOC(C)C3)c21. The Bertz CT molecular complexity index is 653. The van der Waals surface area contributed by atoms with Crippen LogP contribution in [-0.4, -0.2) is 32.0 Å². The van der Waals surface area contributed by atoms with Gasteiger partial charge in [-0.1, -0.05) is 0 Å². The highest BCUT2D eigenvalue weighted by molar-refractivity contribution is 7.71. The highest BCUT2D eigenvalue weighted by atomic mass is 32.1. The number of nitrogens with zero attached hydrogens (tertiary/aromatic N) is 3. The Kier molecular flexibility index (Phi) is 3.22. The maximum Gasteiger partial charge on any atom is 0.179 e. The van der Waals surface area contributed by atoms with E-state index in [1.807, 2.05) is 11.6 Å². The van der Waals surface area contributed by atoms with Gasteiger partial charge in [-0.15, -0.1) is 0 Å². The highest BCUT2D eigenvalue weighted by Gasteiger charge is 2.25. The molecule has 1 saturated heterocycles. The van der Waals surface area contributed by atoms with E-state index in [4.69, 9.17) is 17.0 Å². The third kappa shape index (κ3) is 2.03. The Hall–Kier alpha value is -1.14. The van der Waals surface area contributed by atoms with Gasteiger partial charge in [0.1, 0.15) is 5.52 Å². The monoisotopic (exact) mass is 280 g/mol. The molecule has 0 radical (unpaired) electrons. The average molecular weight is 280 g/mol. The number of fused-ring (bicyclic) bond motifs is 1. The number of hydrogen-bond donors (Lipinski definition) is 1. The Balaban J connectivity index is 2.16. The van der Waals surface area contributed by atoms with E-state index in [0.29, 0.717) is 12.1 Å².